The van der Waals surface area contributed by atoms with Crippen molar-refractivity contribution in [3.05, 3.63) is 94.5 Å². The molecule has 27 heavy (non-hydrogen) atoms. The van der Waals surface area contributed by atoms with Crippen LogP contribution in [0.2, 0.25) is 0 Å². The molecule has 0 saturated heterocycles. The van der Waals surface area contributed by atoms with Crippen molar-refractivity contribution in [2.24, 2.45) is 0 Å². The Labute approximate surface area is 164 Å². The van der Waals surface area contributed by atoms with Crippen molar-refractivity contribution in [2.75, 3.05) is 38.0 Å². The molecule has 0 radical (unpaired) electrons. The first-order valence-corrected chi connectivity index (χ1v) is 9.50. The topological polar surface area (TPSA) is 6.48 Å². The fraction of sp³-hybridized carbons (Fsp3) is 0.280. The molecule has 2 nitrogen and oxygen atoms in total. The van der Waals surface area contributed by atoms with E-state index in [1.807, 2.05) is 0 Å². The van der Waals surface area contributed by atoms with Crippen LogP contribution < -0.4 is 9.80 Å². The van der Waals surface area contributed by atoms with E-state index in [1.54, 1.807) is 0 Å². The lowest BCUT2D eigenvalue weighted by Crippen LogP contribution is -2.15. The van der Waals surface area contributed by atoms with E-state index >= 15 is 0 Å². The molecule has 0 aromatic heterocycles. The van der Waals surface area contributed by atoms with Gasteiger partial charge in [0.05, 0.1) is 0 Å². The van der Waals surface area contributed by atoms with E-state index in [4.69, 9.17) is 0 Å². The molecule has 0 saturated carbocycles. The highest BCUT2D eigenvalue weighted by Crippen LogP contribution is 2.39. The Morgan fingerprint density at radius 1 is 0.556 bits per heavy atom. The van der Waals surface area contributed by atoms with Crippen LogP contribution in [0.3, 0.4) is 0 Å². The molecular formula is C25H30N2. The summed E-state index contributed by atoms with van der Waals surface area (Å²) in [4.78, 5) is 4.40. The molecule has 3 aromatic rings. The molecule has 0 unspecified atom stereocenters. The molecule has 140 valence electrons. The minimum Gasteiger partial charge on any atom is -0.377 e. The molecule has 0 heterocycles. The van der Waals surface area contributed by atoms with E-state index in [1.165, 1.54) is 39.2 Å². The lowest BCUT2D eigenvalue weighted by Gasteiger charge is -2.27. The first-order chi connectivity index (χ1) is 12.9. The number of hydrogen-bond acceptors (Lipinski definition) is 2. The van der Waals surface area contributed by atoms with Gasteiger partial charge >= 0.3 is 0 Å². The predicted octanol–water partition coefficient (Wildman–Crippen LogP) is 5.62. The van der Waals surface area contributed by atoms with Gasteiger partial charge < -0.3 is 9.80 Å². The highest BCUT2D eigenvalue weighted by atomic mass is 15.1. The van der Waals surface area contributed by atoms with Crippen LogP contribution in [-0.4, -0.2) is 28.2 Å². The van der Waals surface area contributed by atoms with Crippen molar-refractivity contribution in [1.29, 1.82) is 0 Å². The third-order valence-corrected chi connectivity index (χ3v) is 5.41. The maximum absolute atomic E-state index is 2.28. The Kier molecular flexibility index (Phi) is 5.55. The smallest absolute Gasteiger partial charge is 0.0393 e. The fourth-order valence-corrected chi connectivity index (χ4v) is 4.05. The molecule has 3 aromatic carbocycles. The SMILES string of the molecule is Cc1c(C(c2ccccc2)c2cccc(N(C)C)c2C)cccc1N(C)C. The van der Waals surface area contributed by atoms with Gasteiger partial charge in [0.25, 0.3) is 0 Å². The van der Waals surface area contributed by atoms with E-state index in [0.717, 1.165) is 0 Å². The molecule has 0 bridgehead atoms. The molecule has 0 aliphatic rings. The van der Waals surface area contributed by atoms with E-state index < -0.39 is 0 Å². The minimum atomic E-state index is 0.214. The van der Waals surface area contributed by atoms with Crippen LogP contribution in [0, 0.1) is 13.8 Å². The molecule has 0 N–H and O–H groups in total. The Hall–Kier alpha value is -2.74. The monoisotopic (exact) mass is 358 g/mol. The quantitative estimate of drug-likeness (QED) is 0.547. The van der Waals surface area contributed by atoms with Crippen molar-refractivity contribution in [1.82, 2.24) is 0 Å². The van der Waals surface area contributed by atoms with Crippen LogP contribution >= 0.6 is 0 Å². The average Bonchev–Trinajstić information content (AvgIpc) is 2.65. The second-order valence-corrected chi connectivity index (χ2v) is 7.62. The summed E-state index contributed by atoms with van der Waals surface area (Å²) in [5.74, 6) is 0.214. The molecule has 0 amide bonds. The maximum Gasteiger partial charge on any atom is 0.0393 e. The summed E-state index contributed by atoms with van der Waals surface area (Å²) in [6.45, 7) is 4.48. The Balaban J connectivity index is 2.27. The van der Waals surface area contributed by atoms with E-state index in [0.29, 0.717) is 0 Å². The predicted molar refractivity (Wildman–Crippen MR) is 118 cm³/mol. The van der Waals surface area contributed by atoms with Crippen LogP contribution in [-0.2, 0) is 0 Å². The lowest BCUT2D eigenvalue weighted by molar-refractivity contribution is 0.939. The Bertz CT molecular complexity index is 853. The van der Waals surface area contributed by atoms with Gasteiger partial charge in [-0.3, -0.25) is 0 Å². The van der Waals surface area contributed by atoms with Crippen molar-refractivity contribution in [3.63, 3.8) is 0 Å². The molecule has 3 rings (SSSR count). The van der Waals surface area contributed by atoms with E-state index in [2.05, 4.69) is 119 Å². The molecule has 2 heteroatoms. The summed E-state index contributed by atoms with van der Waals surface area (Å²) in [6, 6.07) is 24.2. The van der Waals surface area contributed by atoms with Crippen LogP contribution in [0.1, 0.15) is 33.7 Å². The highest BCUT2D eigenvalue weighted by Gasteiger charge is 2.22. The van der Waals surface area contributed by atoms with Crippen molar-refractivity contribution in [3.8, 4) is 0 Å². The maximum atomic E-state index is 2.28. The fourth-order valence-electron chi connectivity index (χ4n) is 4.05. The largest absolute Gasteiger partial charge is 0.377 e. The molecule has 0 spiro atoms. The number of nitrogens with zero attached hydrogens (tertiary/aromatic N) is 2. The zero-order valence-corrected chi connectivity index (χ0v) is 17.3. The van der Waals surface area contributed by atoms with Gasteiger partial charge in [0.1, 0.15) is 0 Å². The number of benzene rings is 3. The molecule has 0 atom stereocenters. The summed E-state index contributed by atoms with van der Waals surface area (Å²) < 4.78 is 0. The standard InChI is InChI=1S/C25H30N2/c1-18-21(14-10-16-23(18)26(3)4)25(20-12-8-7-9-13-20)22-15-11-17-24(19(22)2)27(5)6/h7-17,25H,1-6H3. The van der Waals surface area contributed by atoms with Gasteiger partial charge in [-0.05, 0) is 53.8 Å². The van der Waals surface area contributed by atoms with E-state index in [-0.39, 0.29) is 5.92 Å². The molecule has 0 fully saturated rings. The Morgan fingerprint density at radius 3 is 1.41 bits per heavy atom. The zero-order valence-electron chi connectivity index (χ0n) is 17.3. The second kappa shape index (κ2) is 7.87. The van der Waals surface area contributed by atoms with Crippen molar-refractivity contribution < 1.29 is 0 Å². The summed E-state index contributed by atoms with van der Waals surface area (Å²) in [7, 11) is 8.45. The third-order valence-electron chi connectivity index (χ3n) is 5.41. The first-order valence-electron chi connectivity index (χ1n) is 9.50. The van der Waals surface area contributed by atoms with Gasteiger partial charge in [-0.25, -0.2) is 0 Å². The molecule has 0 aliphatic carbocycles. The number of anilines is 2. The average molecular weight is 359 g/mol. The van der Waals surface area contributed by atoms with Gasteiger partial charge in [0.2, 0.25) is 0 Å². The summed E-state index contributed by atoms with van der Waals surface area (Å²) in [6.07, 6.45) is 0. The molecule has 0 aliphatic heterocycles. The number of hydrogen-bond donors (Lipinski definition) is 0. The summed E-state index contributed by atoms with van der Waals surface area (Å²) in [5.41, 5.74) is 9.29. The second-order valence-electron chi connectivity index (χ2n) is 7.62. The van der Waals surface area contributed by atoms with Crippen molar-refractivity contribution in [2.45, 2.75) is 19.8 Å². The van der Waals surface area contributed by atoms with Gasteiger partial charge in [-0.2, -0.15) is 0 Å². The normalized spacial score (nSPS) is 10.9. The van der Waals surface area contributed by atoms with Gasteiger partial charge in [0, 0.05) is 45.5 Å². The van der Waals surface area contributed by atoms with Gasteiger partial charge in [-0.15, -0.1) is 0 Å². The van der Waals surface area contributed by atoms with E-state index in [9.17, 15) is 0 Å². The minimum absolute atomic E-state index is 0.214. The first kappa shape index (κ1) is 19.0. The van der Waals surface area contributed by atoms with Crippen LogP contribution in [0.4, 0.5) is 11.4 Å². The zero-order chi connectivity index (χ0) is 19.6. The highest BCUT2D eigenvalue weighted by molar-refractivity contribution is 5.63. The van der Waals surface area contributed by atoms with Crippen molar-refractivity contribution >= 4 is 11.4 Å². The van der Waals surface area contributed by atoms with Gasteiger partial charge in [-0.1, -0.05) is 54.6 Å². The third kappa shape index (κ3) is 3.71. The van der Waals surface area contributed by atoms with Crippen LogP contribution in [0.15, 0.2) is 66.7 Å². The number of rotatable bonds is 5. The van der Waals surface area contributed by atoms with Crippen LogP contribution in [0.25, 0.3) is 0 Å². The summed E-state index contributed by atoms with van der Waals surface area (Å²) >= 11 is 0. The molecular weight excluding hydrogens is 328 g/mol. The van der Waals surface area contributed by atoms with Crippen LogP contribution in [0.5, 0.6) is 0 Å². The summed E-state index contributed by atoms with van der Waals surface area (Å²) in [5, 5.41) is 0. The van der Waals surface area contributed by atoms with Gasteiger partial charge in [0.15, 0.2) is 0 Å². The lowest BCUT2D eigenvalue weighted by atomic mass is 9.80. The Morgan fingerprint density at radius 2 is 1.00 bits per heavy atom.